The summed E-state index contributed by atoms with van der Waals surface area (Å²) in [6.45, 7) is 1.00. The zero-order chi connectivity index (χ0) is 20.2. The fraction of sp³-hybridized carbons (Fsp3) is 0.458. The van der Waals surface area contributed by atoms with E-state index < -0.39 is 0 Å². The molecule has 2 aliphatic rings. The Balaban J connectivity index is 1.43. The molecule has 2 aliphatic heterocycles. The molecular formula is C24H30N2O3. The van der Waals surface area contributed by atoms with Crippen molar-refractivity contribution < 1.29 is 14.3 Å². The molecule has 1 amide bonds. The predicted octanol–water partition coefficient (Wildman–Crippen LogP) is 4.02. The van der Waals surface area contributed by atoms with Gasteiger partial charge in [0, 0.05) is 30.7 Å². The first-order valence-electron chi connectivity index (χ1n) is 10.5. The highest BCUT2D eigenvalue weighted by Gasteiger charge is 2.38. The summed E-state index contributed by atoms with van der Waals surface area (Å²) in [5.74, 6) is 1.16. The molecule has 0 aliphatic carbocycles. The molecule has 1 unspecified atom stereocenters. The van der Waals surface area contributed by atoms with Gasteiger partial charge < -0.3 is 14.8 Å². The summed E-state index contributed by atoms with van der Waals surface area (Å²) in [5.41, 5.74) is 1.93. The van der Waals surface area contributed by atoms with Gasteiger partial charge in [-0.2, -0.15) is 0 Å². The molecule has 0 radical (unpaired) electrons. The molecule has 2 bridgehead atoms. The third-order valence-corrected chi connectivity index (χ3v) is 6.32. The van der Waals surface area contributed by atoms with E-state index in [0.29, 0.717) is 29.1 Å². The van der Waals surface area contributed by atoms with Crippen molar-refractivity contribution in [1.82, 2.24) is 10.2 Å². The minimum absolute atomic E-state index is 0.0657. The van der Waals surface area contributed by atoms with E-state index in [-0.39, 0.29) is 11.9 Å². The van der Waals surface area contributed by atoms with E-state index in [0.717, 1.165) is 19.4 Å². The summed E-state index contributed by atoms with van der Waals surface area (Å²) in [7, 11) is 3.19. The molecule has 1 N–H and O–H groups in total. The van der Waals surface area contributed by atoms with Crippen LogP contribution in [0.15, 0.2) is 48.5 Å². The van der Waals surface area contributed by atoms with Crippen LogP contribution in [0.3, 0.4) is 0 Å². The zero-order valence-corrected chi connectivity index (χ0v) is 17.3. The second-order valence-corrected chi connectivity index (χ2v) is 8.10. The molecule has 2 aromatic carbocycles. The Hall–Kier alpha value is -2.53. The molecule has 2 fully saturated rings. The maximum absolute atomic E-state index is 12.9. The topological polar surface area (TPSA) is 50.8 Å². The number of nitrogens with one attached hydrogen (secondary N) is 1. The third-order valence-electron chi connectivity index (χ3n) is 6.32. The Morgan fingerprint density at radius 1 is 1.03 bits per heavy atom. The average Bonchev–Trinajstić information content (AvgIpc) is 2.74. The SMILES string of the molecule is COc1ccc(C(=O)NC2C[C@H]3CCC[C@@H](C2)N3Cc2ccccc2)c(OC)c1. The van der Waals surface area contributed by atoms with Gasteiger partial charge >= 0.3 is 0 Å². The highest BCUT2D eigenvalue weighted by atomic mass is 16.5. The van der Waals surface area contributed by atoms with Crippen molar-refractivity contribution in [2.45, 2.75) is 56.8 Å². The maximum Gasteiger partial charge on any atom is 0.255 e. The van der Waals surface area contributed by atoms with Crippen LogP contribution in [0.5, 0.6) is 11.5 Å². The highest BCUT2D eigenvalue weighted by molar-refractivity contribution is 5.97. The van der Waals surface area contributed by atoms with Gasteiger partial charge in [0.05, 0.1) is 19.8 Å². The van der Waals surface area contributed by atoms with Gasteiger partial charge in [-0.05, 0) is 43.4 Å². The molecule has 3 atom stereocenters. The van der Waals surface area contributed by atoms with Gasteiger partial charge in [0.1, 0.15) is 11.5 Å². The number of hydrogen-bond donors (Lipinski definition) is 1. The molecule has 29 heavy (non-hydrogen) atoms. The Labute approximate surface area is 173 Å². The maximum atomic E-state index is 12.9. The van der Waals surface area contributed by atoms with Crippen LogP contribution >= 0.6 is 0 Å². The number of benzene rings is 2. The van der Waals surface area contributed by atoms with Crippen LogP contribution in [0.1, 0.15) is 48.0 Å². The number of carbonyl (C=O) groups is 1. The lowest BCUT2D eigenvalue weighted by Crippen LogP contribution is -2.56. The molecule has 0 aromatic heterocycles. The Morgan fingerprint density at radius 2 is 1.76 bits per heavy atom. The summed E-state index contributed by atoms with van der Waals surface area (Å²) in [4.78, 5) is 15.6. The first-order chi connectivity index (χ1) is 14.2. The number of methoxy groups -OCH3 is 2. The van der Waals surface area contributed by atoms with Gasteiger partial charge in [-0.3, -0.25) is 9.69 Å². The first kappa shape index (κ1) is 19.8. The van der Waals surface area contributed by atoms with Crippen molar-refractivity contribution in [3.63, 3.8) is 0 Å². The number of piperidine rings is 2. The van der Waals surface area contributed by atoms with Gasteiger partial charge in [-0.1, -0.05) is 36.8 Å². The minimum atomic E-state index is -0.0657. The number of fused-ring (bicyclic) bond motifs is 2. The van der Waals surface area contributed by atoms with Crippen molar-refractivity contribution >= 4 is 5.91 Å². The number of carbonyl (C=O) groups excluding carboxylic acids is 1. The number of nitrogens with zero attached hydrogens (tertiary/aromatic N) is 1. The lowest BCUT2D eigenvalue weighted by Gasteiger charge is -2.49. The summed E-state index contributed by atoms with van der Waals surface area (Å²) in [6.07, 6.45) is 5.72. The van der Waals surface area contributed by atoms with Crippen LogP contribution in [0.2, 0.25) is 0 Å². The van der Waals surface area contributed by atoms with Gasteiger partial charge in [0.15, 0.2) is 0 Å². The van der Waals surface area contributed by atoms with E-state index in [9.17, 15) is 4.79 Å². The van der Waals surface area contributed by atoms with Crippen LogP contribution in [0.25, 0.3) is 0 Å². The number of amides is 1. The van der Waals surface area contributed by atoms with Crippen molar-refractivity contribution in [3.8, 4) is 11.5 Å². The van der Waals surface area contributed by atoms with Crippen molar-refractivity contribution in [3.05, 3.63) is 59.7 Å². The molecule has 154 valence electrons. The van der Waals surface area contributed by atoms with E-state index in [2.05, 4.69) is 40.5 Å². The normalized spacial score (nSPS) is 24.0. The lowest BCUT2D eigenvalue weighted by atomic mass is 9.81. The molecule has 2 heterocycles. The van der Waals surface area contributed by atoms with Crippen LogP contribution in [0.4, 0.5) is 0 Å². The Morgan fingerprint density at radius 3 is 2.41 bits per heavy atom. The smallest absolute Gasteiger partial charge is 0.255 e. The number of ether oxygens (including phenoxy) is 2. The molecular weight excluding hydrogens is 364 g/mol. The summed E-state index contributed by atoms with van der Waals surface area (Å²) in [6, 6.07) is 17.3. The van der Waals surface area contributed by atoms with Crippen LogP contribution < -0.4 is 14.8 Å². The molecule has 5 heteroatoms. The Bertz CT molecular complexity index is 825. The monoisotopic (exact) mass is 394 g/mol. The fourth-order valence-corrected chi connectivity index (χ4v) is 4.90. The van der Waals surface area contributed by atoms with Gasteiger partial charge in [-0.15, -0.1) is 0 Å². The zero-order valence-electron chi connectivity index (χ0n) is 17.3. The largest absolute Gasteiger partial charge is 0.497 e. The fourth-order valence-electron chi connectivity index (χ4n) is 4.90. The number of hydrogen-bond acceptors (Lipinski definition) is 4. The lowest BCUT2D eigenvalue weighted by molar-refractivity contribution is 0.0177. The predicted molar refractivity (Wildman–Crippen MR) is 113 cm³/mol. The number of rotatable bonds is 6. The Kier molecular flexibility index (Phi) is 6.05. The van der Waals surface area contributed by atoms with Gasteiger partial charge in [0.2, 0.25) is 0 Å². The van der Waals surface area contributed by atoms with Crippen LogP contribution in [-0.4, -0.2) is 43.2 Å². The van der Waals surface area contributed by atoms with E-state index >= 15 is 0 Å². The van der Waals surface area contributed by atoms with E-state index in [4.69, 9.17) is 9.47 Å². The second kappa shape index (κ2) is 8.87. The molecule has 0 spiro atoms. The van der Waals surface area contributed by atoms with Crippen molar-refractivity contribution in [2.24, 2.45) is 0 Å². The van der Waals surface area contributed by atoms with Crippen LogP contribution in [-0.2, 0) is 6.54 Å². The van der Waals surface area contributed by atoms with E-state index in [1.54, 1.807) is 32.4 Å². The molecule has 2 aromatic rings. The van der Waals surface area contributed by atoms with Crippen molar-refractivity contribution in [2.75, 3.05) is 14.2 Å². The minimum Gasteiger partial charge on any atom is -0.497 e. The summed E-state index contributed by atoms with van der Waals surface area (Å²) in [5, 5.41) is 3.27. The van der Waals surface area contributed by atoms with Crippen molar-refractivity contribution in [1.29, 1.82) is 0 Å². The second-order valence-electron chi connectivity index (χ2n) is 8.10. The molecule has 0 saturated carbocycles. The highest BCUT2D eigenvalue weighted by Crippen LogP contribution is 2.35. The van der Waals surface area contributed by atoms with E-state index in [1.165, 1.54) is 24.8 Å². The molecule has 4 rings (SSSR count). The third kappa shape index (κ3) is 4.40. The van der Waals surface area contributed by atoms with Gasteiger partial charge in [-0.25, -0.2) is 0 Å². The van der Waals surface area contributed by atoms with E-state index in [1.807, 2.05) is 0 Å². The first-order valence-corrected chi connectivity index (χ1v) is 10.5. The quantitative estimate of drug-likeness (QED) is 0.804. The van der Waals surface area contributed by atoms with Gasteiger partial charge in [0.25, 0.3) is 5.91 Å². The summed E-state index contributed by atoms with van der Waals surface area (Å²) < 4.78 is 10.6. The average molecular weight is 395 g/mol. The summed E-state index contributed by atoms with van der Waals surface area (Å²) >= 11 is 0. The molecule has 5 nitrogen and oxygen atoms in total. The van der Waals surface area contributed by atoms with Crippen LogP contribution in [0, 0.1) is 0 Å². The molecule has 2 saturated heterocycles. The standard InChI is InChI=1S/C24H30N2O3/c1-28-21-11-12-22(23(15-21)29-2)24(27)25-18-13-19-9-6-10-20(14-18)26(19)16-17-7-4-3-5-8-17/h3-5,7-8,11-12,15,18-20H,6,9-10,13-14,16H2,1-2H3,(H,25,27)/t18?,19-,20+.